The predicted octanol–water partition coefficient (Wildman–Crippen LogP) is 3.95. The van der Waals surface area contributed by atoms with Crippen LogP contribution in [0.2, 0.25) is 0 Å². The van der Waals surface area contributed by atoms with Crippen LogP contribution >= 0.6 is 15.9 Å². The van der Waals surface area contributed by atoms with Crippen molar-refractivity contribution in [3.63, 3.8) is 0 Å². The number of benzene rings is 1. The first-order chi connectivity index (χ1) is 9.72. The largest absolute Gasteiger partial charge is 0.459 e. The molecule has 3 rings (SSSR count). The Morgan fingerprint density at radius 2 is 2.00 bits per heavy atom. The molecule has 1 amide bonds. The van der Waals surface area contributed by atoms with Gasteiger partial charge in [-0.15, -0.1) is 0 Å². The first-order valence-corrected chi connectivity index (χ1v) is 6.59. The minimum absolute atomic E-state index is 0.214. The van der Waals surface area contributed by atoms with Crippen LogP contribution in [-0.2, 0) is 0 Å². The Morgan fingerprint density at radius 3 is 2.70 bits per heavy atom. The van der Waals surface area contributed by atoms with Crippen LogP contribution in [0.4, 0.5) is 5.88 Å². The van der Waals surface area contributed by atoms with Gasteiger partial charge in [0.05, 0.1) is 6.26 Å². The zero-order valence-corrected chi connectivity index (χ0v) is 11.8. The lowest BCUT2D eigenvalue weighted by Crippen LogP contribution is -2.09. The van der Waals surface area contributed by atoms with Crippen LogP contribution in [-0.4, -0.2) is 11.1 Å². The fourth-order valence-electron chi connectivity index (χ4n) is 1.67. The third kappa shape index (κ3) is 2.65. The number of rotatable bonds is 3. The quantitative estimate of drug-likeness (QED) is 0.788. The highest BCUT2D eigenvalue weighted by molar-refractivity contribution is 9.10. The van der Waals surface area contributed by atoms with Crippen molar-refractivity contribution in [2.75, 3.05) is 5.32 Å². The highest BCUT2D eigenvalue weighted by Gasteiger charge is 2.12. The summed E-state index contributed by atoms with van der Waals surface area (Å²) in [6.45, 7) is 0. The van der Waals surface area contributed by atoms with Gasteiger partial charge in [0.25, 0.3) is 5.91 Å². The summed E-state index contributed by atoms with van der Waals surface area (Å²) in [5.41, 5.74) is 1.54. The summed E-state index contributed by atoms with van der Waals surface area (Å²) in [4.78, 5) is 11.8. The zero-order chi connectivity index (χ0) is 13.9. The van der Waals surface area contributed by atoms with Gasteiger partial charge in [-0.05, 0) is 24.3 Å². The average molecular weight is 333 g/mol. The lowest BCUT2D eigenvalue weighted by Gasteiger charge is -1.96. The Labute approximate surface area is 122 Å². The van der Waals surface area contributed by atoms with Crippen LogP contribution in [0.1, 0.15) is 10.6 Å². The van der Waals surface area contributed by atoms with Gasteiger partial charge in [0.2, 0.25) is 5.88 Å². The molecule has 0 spiro atoms. The van der Waals surface area contributed by atoms with Crippen LogP contribution in [0.3, 0.4) is 0 Å². The molecule has 3 aromatic rings. The standard InChI is InChI=1S/C14H9BrN2O3/c15-10-5-3-9(4-6-10)11-8-13(20-17-11)16-14(18)12-2-1-7-19-12/h1-8H,(H,16,18). The molecule has 0 aliphatic rings. The van der Waals surface area contributed by atoms with E-state index in [0.29, 0.717) is 5.69 Å². The fraction of sp³-hybridized carbons (Fsp3) is 0. The Bertz CT molecular complexity index is 717. The van der Waals surface area contributed by atoms with Crippen LogP contribution in [0.15, 0.2) is 62.1 Å². The fourth-order valence-corrected chi connectivity index (χ4v) is 1.94. The Kier molecular flexibility index (Phi) is 3.39. The topological polar surface area (TPSA) is 68.3 Å². The Hall–Kier alpha value is -2.34. The molecule has 0 saturated heterocycles. The number of halogens is 1. The summed E-state index contributed by atoms with van der Waals surface area (Å²) in [6.07, 6.45) is 1.43. The number of hydrogen-bond donors (Lipinski definition) is 1. The number of carbonyl (C=O) groups excluding carboxylic acids is 1. The molecular formula is C14H9BrN2O3. The molecule has 2 aromatic heterocycles. The van der Waals surface area contributed by atoms with Crippen molar-refractivity contribution in [3.8, 4) is 11.3 Å². The van der Waals surface area contributed by atoms with Gasteiger partial charge in [-0.2, -0.15) is 0 Å². The number of carbonyl (C=O) groups is 1. The maximum absolute atomic E-state index is 11.8. The van der Waals surface area contributed by atoms with Gasteiger partial charge in [-0.3, -0.25) is 10.1 Å². The van der Waals surface area contributed by atoms with Crippen molar-refractivity contribution in [2.24, 2.45) is 0 Å². The summed E-state index contributed by atoms with van der Waals surface area (Å²) in [5.74, 6) is 0.101. The van der Waals surface area contributed by atoms with E-state index in [0.717, 1.165) is 10.0 Å². The number of hydrogen-bond acceptors (Lipinski definition) is 4. The first-order valence-electron chi connectivity index (χ1n) is 5.80. The smallest absolute Gasteiger partial charge is 0.293 e. The molecule has 0 atom stereocenters. The number of aromatic nitrogens is 1. The molecule has 0 unspecified atom stereocenters. The SMILES string of the molecule is O=C(Nc1cc(-c2ccc(Br)cc2)no1)c1ccco1. The van der Waals surface area contributed by atoms with Gasteiger partial charge in [-0.1, -0.05) is 33.2 Å². The molecule has 6 heteroatoms. The molecule has 0 fully saturated rings. The molecule has 0 saturated carbocycles. The lowest BCUT2D eigenvalue weighted by atomic mass is 10.1. The van der Waals surface area contributed by atoms with Gasteiger partial charge >= 0.3 is 0 Å². The average Bonchev–Trinajstić information content (AvgIpc) is 3.10. The summed E-state index contributed by atoms with van der Waals surface area (Å²) in [7, 11) is 0. The monoisotopic (exact) mass is 332 g/mol. The number of anilines is 1. The van der Waals surface area contributed by atoms with E-state index < -0.39 is 0 Å². The van der Waals surface area contributed by atoms with E-state index in [9.17, 15) is 4.79 Å². The summed E-state index contributed by atoms with van der Waals surface area (Å²) in [6, 6.07) is 12.5. The van der Waals surface area contributed by atoms with E-state index in [4.69, 9.17) is 8.94 Å². The third-order valence-electron chi connectivity index (χ3n) is 2.63. The molecule has 100 valence electrons. The van der Waals surface area contributed by atoms with Crippen molar-refractivity contribution in [3.05, 3.63) is 59.0 Å². The summed E-state index contributed by atoms with van der Waals surface area (Å²) in [5, 5.41) is 6.49. The zero-order valence-electron chi connectivity index (χ0n) is 10.2. The second-order valence-corrected chi connectivity index (χ2v) is 4.93. The van der Waals surface area contributed by atoms with Gasteiger partial charge < -0.3 is 8.94 Å². The molecular weight excluding hydrogens is 324 g/mol. The summed E-state index contributed by atoms with van der Waals surface area (Å²) < 4.78 is 11.1. The van der Waals surface area contributed by atoms with E-state index in [1.807, 2.05) is 24.3 Å². The van der Waals surface area contributed by atoms with E-state index in [-0.39, 0.29) is 17.6 Å². The van der Waals surface area contributed by atoms with Crippen LogP contribution in [0.5, 0.6) is 0 Å². The van der Waals surface area contributed by atoms with E-state index in [2.05, 4.69) is 26.4 Å². The second kappa shape index (κ2) is 5.34. The molecule has 2 heterocycles. The van der Waals surface area contributed by atoms with Gasteiger partial charge in [0.15, 0.2) is 5.76 Å². The normalized spacial score (nSPS) is 10.4. The molecule has 5 nitrogen and oxygen atoms in total. The third-order valence-corrected chi connectivity index (χ3v) is 3.16. The highest BCUT2D eigenvalue weighted by Crippen LogP contribution is 2.23. The molecule has 0 aliphatic carbocycles. The van der Waals surface area contributed by atoms with Crippen molar-refractivity contribution in [1.29, 1.82) is 0 Å². The van der Waals surface area contributed by atoms with Crippen LogP contribution < -0.4 is 5.32 Å². The van der Waals surface area contributed by atoms with Crippen molar-refractivity contribution >= 4 is 27.7 Å². The molecule has 1 N–H and O–H groups in total. The van der Waals surface area contributed by atoms with Crippen molar-refractivity contribution in [1.82, 2.24) is 5.16 Å². The number of amides is 1. The van der Waals surface area contributed by atoms with Crippen molar-refractivity contribution in [2.45, 2.75) is 0 Å². The summed E-state index contributed by atoms with van der Waals surface area (Å²) >= 11 is 3.37. The minimum Gasteiger partial charge on any atom is -0.459 e. The van der Waals surface area contributed by atoms with E-state index >= 15 is 0 Å². The van der Waals surface area contributed by atoms with Crippen LogP contribution in [0, 0.1) is 0 Å². The Morgan fingerprint density at radius 1 is 1.20 bits per heavy atom. The van der Waals surface area contributed by atoms with Gasteiger partial charge in [-0.25, -0.2) is 0 Å². The van der Waals surface area contributed by atoms with E-state index in [1.54, 1.807) is 18.2 Å². The maximum atomic E-state index is 11.8. The minimum atomic E-state index is -0.381. The highest BCUT2D eigenvalue weighted by atomic mass is 79.9. The van der Waals surface area contributed by atoms with Crippen molar-refractivity contribution < 1.29 is 13.7 Å². The second-order valence-electron chi connectivity index (χ2n) is 4.01. The molecule has 0 bridgehead atoms. The molecule has 20 heavy (non-hydrogen) atoms. The number of nitrogens with one attached hydrogen (secondary N) is 1. The number of nitrogens with zero attached hydrogens (tertiary/aromatic N) is 1. The van der Waals surface area contributed by atoms with Crippen LogP contribution in [0.25, 0.3) is 11.3 Å². The van der Waals surface area contributed by atoms with Gasteiger partial charge in [0.1, 0.15) is 5.69 Å². The van der Waals surface area contributed by atoms with Gasteiger partial charge in [0, 0.05) is 16.1 Å². The predicted molar refractivity (Wildman–Crippen MR) is 76.3 cm³/mol. The molecule has 0 radical (unpaired) electrons. The molecule has 1 aromatic carbocycles. The Balaban J connectivity index is 1.77. The van der Waals surface area contributed by atoms with E-state index in [1.165, 1.54) is 6.26 Å². The first kappa shape index (κ1) is 12.7. The number of furan rings is 1. The lowest BCUT2D eigenvalue weighted by molar-refractivity contribution is 0.0993. The maximum Gasteiger partial charge on any atom is 0.293 e. The molecule has 0 aliphatic heterocycles.